The fourth-order valence-electron chi connectivity index (χ4n) is 2.12. The predicted octanol–water partition coefficient (Wildman–Crippen LogP) is 6.02. The average Bonchev–Trinajstić information content (AvgIpc) is 2.44. The van der Waals surface area contributed by atoms with Crippen molar-refractivity contribution in [2.45, 2.75) is 32.7 Å². The Morgan fingerprint density at radius 1 is 0.905 bits per heavy atom. The molecule has 0 aromatic heterocycles. The van der Waals surface area contributed by atoms with E-state index in [9.17, 15) is 8.78 Å². The zero-order chi connectivity index (χ0) is 15.6. The minimum Gasteiger partial charge on any atom is -0.376 e. The highest BCUT2D eigenvalue weighted by molar-refractivity contribution is 9.10. The van der Waals surface area contributed by atoms with Gasteiger partial charge in [-0.1, -0.05) is 38.1 Å². The molecule has 1 nitrogen and oxygen atoms in total. The van der Waals surface area contributed by atoms with Crippen LogP contribution in [0.15, 0.2) is 40.9 Å². The van der Waals surface area contributed by atoms with Crippen LogP contribution in [0.4, 0.5) is 14.5 Å². The molecule has 0 heterocycles. The molecule has 0 fully saturated rings. The van der Waals surface area contributed by atoms with Crippen molar-refractivity contribution < 1.29 is 8.78 Å². The molecule has 21 heavy (non-hydrogen) atoms. The number of rotatable bonds is 4. The van der Waals surface area contributed by atoms with Crippen LogP contribution < -0.4 is 5.32 Å². The number of benzene rings is 2. The first-order valence-corrected chi connectivity index (χ1v) is 7.68. The molecule has 0 bridgehead atoms. The lowest BCUT2D eigenvalue weighted by atomic mass is 9.99. The van der Waals surface area contributed by atoms with Crippen molar-refractivity contribution in [3.63, 3.8) is 0 Å². The molecule has 0 aliphatic rings. The molecule has 0 saturated heterocycles. The fourth-order valence-corrected chi connectivity index (χ4v) is 2.43. The van der Waals surface area contributed by atoms with Gasteiger partial charge in [0.05, 0.1) is 10.2 Å². The maximum atomic E-state index is 13.8. The monoisotopic (exact) mass is 353 g/mol. The average molecular weight is 354 g/mol. The van der Waals surface area contributed by atoms with Crippen LogP contribution in [0.2, 0.25) is 0 Å². The summed E-state index contributed by atoms with van der Waals surface area (Å²) < 4.78 is 27.4. The molecule has 1 atom stereocenters. The summed E-state index contributed by atoms with van der Waals surface area (Å²) in [5.41, 5.74) is 2.45. The van der Waals surface area contributed by atoms with Crippen LogP contribution in [-0.4, -0.2) is 0 Å². The van der Waals surface area contributed by atoms with E-state index in [0.717, 1.165) is 11.6 Å². The van der Waals surface area contributed by atoms with Gasteiger partial charge in [-0.05, 0) is 46.0 Å². The first-order valence-electron chi connectivity index (χ1n) is 6.89. The number of nitrogens with one attached hydrogen (secondary N) is 1. The molecule has 112 valence electrons. The zero-order valence-electron chi connectivity index (χ0n) is 12.3. The second-order valence-corrected chi connectivity index (χ2v) is 6.29. The van der Waals surface area contributed by atoms with Crippen LogP contribution in [0.3, 0.4) is 0 Å². The quantitative estimate of drug-likeness (QED) is 0.662. The Hall–Kier alpha value is -1.42. The first kappa shape index (κ1) is 16.0. The summed E-state index contributed by atoms with van der Waals surface area (Å²) in [6.45, 7) is 6.19. The standard InChI is InChI=1S/C17H18BrF2N/c1-10(2)12-4-6-13(7-5-12)11(3)21-17-9-15(19)14(18)8-16(17)20/h4-11,21H,1-3H3. The first-order chi connectivity index (χ1) is 9.88. The van der Waals surface area contributed by atoms with E-state index in [0.29, 0.717) is 5.92 Å². The van der Waals surface area contributed by atoms with Gasteiger partial charge in [0, 0.05) is 12.1 Å². The van der Waals surface area contributed by atoms with Crippen molar-refractivity contribution in [1.29, 1.82) is 0 Å². The Morgan fingerprint density at radius 2 is 1.48 bits per heavy atom. The summed E-state index contributed by atoms with van der Waals surface area (Å²) in [5, 5.41) is 3.01. The van der Waals surface area contributed by atoms with E-state index in [2.05, 4.69) is 47.2 Å². The molecule has 0 radical (unpaired) electrons. The molecule has 2 aromatic rings. The molecule has 0 amide bonds. The normalized spacial score (nSPS) is 12.5. The lowest BCUT2D eigenvalue weighted by Crippen LogP contribution is -2.08. The van der Waals surface area contributed by atoms with Gasteiger partial charge < -0.3 is 5.32 Å². The van der Waals surface area contributed by atoms with Crippen LogP contribution in [0, 0.1) is 11.6 Å². The maximum absolute atomic E-state index is 13.8. The molecule has 0 aliphatic carbocycles. The highest BCUT2D eigenvalue weighted by atomic mass is 79.9. The Bertz CT molecular complexity index is 623. The van der Waals surface area contributed by atoms with Crippen LogP contribution in [0.5, 0.6) is 0 Å². The topological polar surface area (TPSA) is 12.0 Å². The Balaban J connectivity index is 2.17. The number of hydrogen-bond acceptors (Lipinski definition) is 1. The fraction of sp³-hybridized carbons (Fsp3) is 0.294. The van der Waals surface area contributed by atoms with Crippen LogP contribution >= 0.6 is 15.9 Å². The summed E-state index contributed by atoms with van der Waals surface area (Å²) in [7, 11) is 0. The van der Waals surface area contributed by atoms with E-state index in [1.165, 1.54) is 11.6 Å². The van der Waals surface area contributed by atoms with Gasteiger partial charge in [0.25, 0.3) is 0 Å². The van der Waals surface area contributed by atoms with Gasteiger partial charge in [-0.25, -0.2) is 8.78 Å². The van der Waals surface area contributed by atoms with E-state index in [4.69, 9.17) is 0 Å². The minimum absolute atomic E-state index is 0.110. The smallest absolute Gasteiger partial charge is 0.147 e. The highest BCUT2D eigenvalue weighted by Crippen LogP contribution is 2.27. The van der Waals surface area contributed by atoms with Gasteiger partial charge in [-0.3, -0.25) is 0 Å². The van der Waals surface area contributed by atoms with Gasteiger partial charge in [-0.15, -0.1) is 0 Å². The molecule has 2 aromatic carbocycles. The van der Waals surface area contributed by atoms with Crippen molar-refractivity contribution in [2.24, 2.45) is 0 Å². The van der Waals surface area contributed by atoms with Crippen LogP contribution in [0.1, 0.15) is 43.9 Å². The van der Waals surface area contributed by atoms with E-state index in [-0.39, 0.29) is 16.2 Å². The van der Waals surface area contributed by atoms with E-state index < -0.39 is 11.6 Å². The van der Waals surface area contributed by atoms with Gasteiger partial charge >= 0.3 is 0 Å². The molecule has 0 saturated carbocycles. The van der Waals surface area contributed by atoms with Gasteiger partial charge in [-0.2, -0.15) is 0 Å². The molecule has 0 aliphatic heterocycles. The van der Waals surface area contributed by atoms with Gasteiger partial charge in [0.15, 0.2) is 0 Å². The molecule has 2 rings (SSSR count). The number of hydrogen-bond donors (Lipinski definition) is 1. The zero-order valence-corrected chi connectivity index (χ0v) is 13.8. The van der Waals surface area contributed by atoms with Gasteiger partial charge in [0.1, 0.15) is 11.6 Å². The minimum atomic E-state index is -0.485. The third kappa shape index (κ3) is 3.82. The molecule has 0 spiro atoms. The molecule has 4 heteroatoms. The van der Waals surface area contributed by atoms with Crippen LogP contribution in [0.25, 0.3) is 0 Å². The van der Waals surface area contributed by atoms with E-state index in [1.807, 2.05) is 19.1 Å². The van der Waals surface area contributed by atoms with Crippen molar-refractivity contribution in [3.05, 3.63) is 63.6 Å². The molecule has 1 unspecified atom stereocenters. The van der Waals surface area contributed by atoms with Crippen molar-refractivity contribution in [1.82, 2.24) is 0 Å². The third-order valence-corrected chi connectivity index (χ3v) is 4.09. The second kappa shape index (κ2) is 6.56. The second-order valence-electron chi connectivity index (χ2n) is 5.43. The maximum Gasteiger partial charge on any atom is 0.147 e. The summed E-state index contributed by atoms with van der Waals surface area (Å²) in [6.07, 6.45) is 0. The third-order valence-electron chi connectivity index (χ3n) is 3.49. The van der Waals surface area contributed by atoms with E-state index >= 15 is 0 Å². The predicted molar refractivity (Wildman–Crippen MR) is 86.6 cm³/mol. The summed E-state index contributed by atoms with van der Waals surface area (Å²) in [5.74, 6) is -0.490. The lowest BCUT2D eigenvalue weighted by molar-refractivity contribution is 0.595. The molecular formula is C17H18BrF2N. The molecular weight excluding hydrogens is 336 g/mol. The largest absolute Gasteiger partial charge is 0.376 e. The molecule has 1 N–H and O–H groups in total. The Kier molecular flexibility index (Phi) is 4.99. The van der Waals surface area contributed by atoms with Crippen molar-refractivity contribution >= 4 is 21.6 Å². The Labute approximate surface area is 132 Å². The van der Waals surface area contributed by atoms with Gasteiger partial charge in [0.2, 0.25) is 0 Å². The highest BCUT2D eigenvalue weighted by Gasteiger charge is 2.12. The van der Waals surface area contributed by atoms with E-state index in [1.54, 1.807) is 0 Å². The number of anilines is 1. The summed E-state index contributed by atoms with van der Waals surface area (Å²) in [6, 6.07) is 10.3. The SMILES string of the molecule is CC(C)c1ccc(C(C)Nc2cc(F)c(Br)cc2F)cc1. The van der Waals surface area contributed by atoms with Crippen molar-refractivity contribution in [3.8, 4) is 0 Å². The van der Waals surface area contributed by atoms with Crippen molar-refractivity contribution in [2.75, 3.05) is 5.32 Å². The lowest BCUT2D eigenvalue weighted by Gasteiger charge is -2.17. The Morgan fingerprint density at radius 3 is 2.05 bits per heavy atom. The summed E-state index contributed by atoms with van der Waals surface area (Å²) in [4.78, 5) is 0. The van der Waals surface area contributed by atoms with Crippen LogP contribution in [-0.2, 0) is 0 Å². The summed E-state index contributed by atoms with van der Waals surface area (Å²) >= 11 is 2.97. The number of halogens is 3.